The van der Waals surface area contributed by atoms with Crippen molar-refractivity contribution in [3.05, 3.63) is 84.2 Å². The first kappa shape index (κ1) is 17.5. The van der Waals surface area contributed by atoms with Crippen LogP contribution in [0.15, 0.2) is 77.7 Å². The maximum atomic E-state index is 13.0. The van der Waals surface area contributed by atoms with E-state index in [4.69, 9.17) is 0 Å². The summed E-state index contributed by atoms with van der Waals surface area (Å²) in [5, 5.41) is 0. The molecule has 3 aromatic carbocycles. The second kappa shape index (κ2) is 7.04. The van der Waals surface area contributed by atoms with Crippen LogP contribution in [0, 0.1) is 5.82 Å². The number of nitrogens with one attached hydrogen (secondary N) is 1. The van der Waals surface area contributed by atoms with E-state index in [0.717, 1.165) is 37.2 Å². The monoisotopic (exact) mass is 382 g/mol. The van der Waals surface area contributed by atoms with Gasteiger partial charge in [-0.2, -0.15) is 0 Å². The Morgan fingerprint density at radius 1 is 0.889 bits per heavy atom. The Kier molecular flexibility index (Phi) is 4.58. The molecule has 0 unspecified atom stereocenters. The Balaban J connectivity index is 1.56. The molecule has 1 N–H and O–H groups in total. The minimum absolute atomic E-state index is 0.0259. The second-order valence-electron chi connectivity index (χ2n) is 6.49. The van der Waals surface area contributed by atoms with E-state index >= 15 is 0 Å². The number of aryl methyl sites for hydroxylation is 1. The maximum Gasteiger partial charge on any atom is 0.261 e. The Morgan fingerprint density at radius 3 is 2.33 bits per heavy atom. The number of sulfonamides is 1. The molecular weight excluding hydrogens is 363 g/mol. The second-order valence-corrected chi connectivity index (χ2v) is 8.17. The van der Waals surface area contributed by atoms with Gasteiger partial charge in [-0.3, -0.25) is 4.72 Å². The van der Waals surface area contributed by atoms with Crippen molar-refractivity contribution in [1.29, 1.82) is 0 Å². The van der Waals surface area contributed by atoms with Crippen molar-refractivity contribution >= 4 is 27.1 Å². The van der Waals surface area contributed by atoms with Gasteiger partial charge in [-0.15, -0.1) is 0 Å². The maximum absolute atomic E-state index is 13.0. The number of benzene rings is 3. The van der Waals surface area contributed by atoms with Gasteiger partial charge in [0.2, 0.25) is 0 Å². The number of nitrogens with zero attached hydrogens (tertiary/aromatic N) is 1. The van der Waals surface area contributed by atoms with E-state index < -0.39 is 15.8 Å². The molecular formula is C21H19FN2O2S. The summed E-state index contributed by atoms with van der Waals surface area (Å²) in [4.78, 5) is 2.27. The van der Waals surface area contributed by atoms with Gasteiger partial charge in [-0.1, -0.05) is 18.2 Å². The van der Waals surface area contributed by atoms with Gasteiger partial charge in [0.15, 0.2) is 0 Å². The molecule has 4 nitrogen and oxygen atoms in total. The van der Waals surface area contributed by atoms with Crippen LogP contribution in [0.2, 0.25) is 0 Å². The fourth-order valence-electron chi connectivity index (χ4n) is 3.34. The Morgan fingerprint density at radius 2 is 1.59 bits per heavy atom. The van der Waals surface area contributed by atoms with E-state index in [9.17, 15) is 12.8 Å². The zero-order valence-corrected chi connectivity index (χ0v) is 15.4. The molecule has 0 bridgehead atoms. The summed E-state index contributed by atoms with van der Waals surface area (Å²) in [7, 11) is -3.75. The predicted molar refractivity (Wildman–Crippen MR) is 105 cm³/mol. The summed E-state index contributed by atoms with van der Waals surface area (Å²) < 4.78 is 40.4. The molecule has 3 aromatic rings. The van der Waals surface area contributed by atoms with Gasteiger partial charge in [0.05, 0.1) is 4.90 Å². The number of hydrogen-bond acceptors (Lipinski definition) is 3. The Bertz CT molecular complexity index is 1050. The molecule has 0 fully saturated rings. The first-order valence-corrected chi connectivity index (χ1v) is 10.3. The average molecular weight is 382 g/mol. The quantitative estimate of drug-likeness (QED) is 0.711. The zero-order chi connectivity index (χ0) is 18.9. The summed E-state index contributed by atoms with van der Waals surface area (Å²) in [6, 6.07) is 20.4. The van der Waals surface area contributed by atoms with Gasteiger partial charge in [-0.05, 0) is 73.0 Å². The highest BCUT2D eigenvalue weighted by atomic mass is 32.2. The molecule has 0 aromatic heterocycles. The fourth-order valence-corrected chi connectivity index (χ4v) is 4.40. The summed E-state index contributed by atoms with van der Waals surface area (Å²) in [6.07, 6.45) is 2.15. The number of halogens is 1. The highest BCUT2D eigenvalue weighted by Gasteiger charge is 2.18. The van der Waals surface area contributed by atoms with Crippen LogP contribution in [0.1, 0.15) is 12.0 Å². The molecule has 0 spiro atoms. The van der Waals surface area contributed by atoms with Gasteiger partial charge in [0.1, 0.15) is 5.82 Å². The summed E-state index contributed by atoms with van der Waals surface area (Å²) >= 11 is 0. The van der Waals surface area contributed by atoms with E-state index in [-0.39, 0.29) is 4.90 Å². The lowest BCUT2D eigenvalue weighted by Crippen LogP contribution is -2.24. The minimum atomic E-state index is -3.75. The molecule has 0 saturated heterocycles. The lowest BCUT2D eigenvalue weighted by Gasteiger charge is -2.31. The van der Waals surface area contributed by atoms with Crippen LogP contribution in [-0.4, -0.2) is 15.0 Å². The summed E-state index contributed by atoms with van der Waals surface area (Å²) in [5.41, 5.74) is 4.01. The molecule has 6 heteroatoms. The molecule has 0 atom stereocenters. The van der Waals surface area contributed by atoms with E-state index in [1.807, 2.05) is 18.2 Å². The van der Waals surface area contributed by atoms with Gasteiger partial charge >= 0.3 is 0 Å². The van der Waals surface area contributed by atoms with Crippen LogP contribution < -0.4 is 9.62 Å². The fraction of sp³-hybridized carbons (Fsp3) is 0.143. The number of rotatable bonds is 4. The normalized spacial score (nSPS) is 13.9. The predicted octanol–water partition coefficient (Wildman–Crippen LogP) is 4.71. The van der Waals surface area contributed by atoms with E-state index in [1.54, 1.807) is 12.1 Å². The lowest BCUT2D eigenvalue weighted by atomic mass is 10.0. The van der Waals surface area contributed by atoms with Crippen molar-refractivity contribution in [3.63, 3.8) is 0 Å². The zero-order valence-electron chi connectivity index (χ0n) is 14.6. The number of para-hydroxylation sites is 1. The van der Waals surface area contributed by atoms with Crippen molar-refractivity contribution in [2.75, 3.05) is 16.2 Å². The van der Waals surface area contributed by atoms with E-state index in [0.29, 0.717) is 5.69 Å². The van der Waals surface area contributed by atoms with Crippen LogP contribution in [0.3, 0.4) is 0 Å². The highest BCUT2D eigenvalue weighted by Crippen LogP contribution is 2.33. The van der Waals surface area contributed by atoms with Crippen molar-refractivity contribution in [2.24, 2.45) is 0 Å². The molecule has 1 aliphatic heterocycles. The lowest BCUT2D eigenvalue weighted by molar-refractivity contribution is 0.599. The van der Waals surface area contributed by atoms with E-state index in [1.165, 1.54) is 23.4 Å². The Hall–Kier alpha value is -2.86. The molecule has 27 heavy (non-hydrogen) atoms. The van der Waals surface area contributed by atoms with Crippen LogP contribution in [0.4, 0.5) is 21.5 Å². The first-order chi connectivity index (χ1) is 13.0. The van der Waals surface area contributed by atoms with Crippen molar-refractivity contribution in [3.8, 4) is 0 Å². The smallest absolute Gasteiger partial charge is 0.261 e. The molecule has 1 heterocycles. The van der Waals surface area contributed by atoms with Gasteiger partial charge < -0.3 is 4.90 Å². The van der Waals surface area contributed by atoms with Crippen molar-refractivity contribution < 1.29 is 12.8 Å². The third-order valence-corrected chi connectivity index (χ3v) is 6.06. The number of hydrogen-bond donors (Lipinski definition) is 1. The third kappa shape index (κ3) is 3.66. The van der Waals surface area contributed by atoms with Gasteiger partial charge in [0, 0.05) is 23.6 Å². The summed E-state index contributed by atoms with van der Waals surface area (Å²) in [6.45, 7) is 0.928. The van der Waals surface area contributed by atoms with Gasteiger partial charge in [-0.25, -0.2) is 12.8 Å². The number of fused-ring (bicyclic) bond motifs is 1. The molecule has 0 aliphatic carbocycles. The van der Waals surface area contributed by atoms with Gasteiger partial charge in [0.25, 0.3) is 10.0 Å². The third-order valence-electron chi connectivity index (χ3n) is 4.67. The summed E-state index contributed by atoms with van der Waals surface area (Å²) in [5.74, 6) is -0.472. The standard InChI is InChI=1S/C21H19FN2O2S/c22-17-7-13-20(14-8-17)27(25,26)23-18-9-11-19(12-10-18)24-15-3-5-16-4-1-2-6-21(16)24/h1-2,4,6-14,23H,3,5,15H2. The molecule has 1 aliphatic rings. The van der Waals surface area contributed by atoms with Crippen molar-refractivity contribution in [1.82, 2.24) is 0 Å². The topological polar surface area (TPSA) is 49.4 Å². The van der Waals surface area contributed by atoms with Crippen LogP contribution >= 0.6 is 0 Å². The molecule has 0 radical (unpaired) electrons. The molecule has 0 saturated carbocycles. The molecule has 138 valence electrons. The average Bonchev–Trinajstić information content (AvgIpc) is 2.68. The van der Waals surface area contributed by atoms with E-state index in [2.05, 4.69) is 27.8 Å². The largest absolute Gasteiger partial charge is 0.341 e. The SMILES string of the molecule is O=S(=O)(Nc1ccc(N2CCCc3ccccc32)cc1)c1ccc(F)cc1. The van der Waals surface area contributed by atoms with Crippen LogP contribution in [0.25, 0.3) is 0 Å². The first-order valence-electron chi connectivity index (χ1n) is 8.77. The molecule has 0 amide bonds. The molecule has 4 rings (SSSR count). The minimum Gasteiger partial charge on any atom is -0.341 e. The van der Waals surface area contributed by atoms with Crippen molar-refractivity contribution in [2.45, 2.75) is 17.7 Å². The van der Waals surface area contributed by atoms with Crippen LogP contribution in [-0.2, 0) is 16.4 Å². The van der Waals surface area contributed by atoms with Crippen LogP contribution in [0.5, 0.6) is 0 Å². The Labute approximate surface area is 158 Å². The highest BCUT2D eigenvalue weighted by molar-refractivity contribution is 7.92. The number of anilines is 3.